The van der Waals surface area contributed by atoms with Gasteiger partial charge in [-0.3, -0.25) is 0 Å². The second-order valence-electron chi connectivity index (χ2n) is 4.54. The summed E-state index contributed by atoms with van der Waals surface area (Å²) in [5.41, 5.74) is 2.50. The Morgan fingerprint density at radius 3 is 2.76 bits per heavy atom. The summed E-state index contributed by atoms with van der Waals surface area (Å²) in [5.74, 6) is 0. The van der Waals surface area contributed by atoms with Crippen LogP contribution in [0.15, 0.2) is 23.1 Å². The summed E-state index contributed by atoms with van der Waals surface area (Å²) in [7, 11) is -3.30. The highest BCUT2D eigenvalue weighted by atomic mass is 32.2. The Morgan fingerprint density at radius 2 is 2.00 bits per heavy atom. The van der Waals surface area contributed by atoms with Crippen molar-refractivity contribution in [2.75, 3.05) is 6.54 Å². The normalized spacial score (nSPS) is 14.9. The molecule has 1 aromatic rings. The van der Waals surface area contributed by atoms with Crippen molar-refractivity contribution in [2.45, 2.75) is 43.9 Å². The summed E-state index contributed by atoms with van der Waals surface area (Å²) < 4.78 is 26.6. The molecular weight excluding hydrogens is 234 g/mol. The SMILES string of the molecule is CCCCNS(=O)(=O)c1ccc2c(c1)CCC2. The predicted octanol–water partition coefficient (Wildman–Crippen LogP) is 2.25. The summed E-state index contributed by atoms with van der Waals surface area (Å²) in [4.78, 5) is 0.411. The van der Waals surface area contributed by atoms with Crippen LogP contribution < -0.4 is 4.72 Å². The number of aryl methyl sites for hydroxylation is 2. The fourth-order valence-corrected chi connectivity index (χ4v) is 3.31. The molecule has 0 unspecified atom stereocenters. The van der Waals surface area contributed by atoms with Gasteiger partial charge < -0.3 is 0 Å². The maximum absolute atomic E-state index is 12.0. The number of benzene rings is 1. The minimum Gasteiger partial charge on any atom is -0.211 e. The van der Waals surface area contributed by atoms with Gasteiger partial charge in [0.1, 0.15) is 0 Å². The van der Waals surface area contributed by atoms with Crippen LogP contribution in [0.4, 0.5) is 0 Å². The standard InChI is InChI=1S/C13H19NO2S/c1-2-3-9-14-17(15,16)13-8-7-11-5-4-6-12(11)10-13/h7-8,10,14H,2-6,9H2,1H3. The van der Waals surface area contributed by atoms with Crippen LogP contribution in [-0.2, 0) is 22.9 Å². The minimum absolute atomic E-state index is 0.411. The van der Waals surface area contributed by atoms with Gasteiger partial charge in [-0.1, -0.05) is 19.4 Å². The quantitative estimate of drug-likeness (QED) is 0.818. The third-order valence-electron chi connectivity index (χ3n) is 3.20. The van der Waals surface area contributed by atoms with Crippen molar-refractivity contribution in [3.63, 3.8) is 0 Å². The van der Waals surface area contributed by atoms with E-state index in [1.807, 2.05) is 19.1 Å². The first-order valence-electron chi connectivity index (χ1n) is 6.25. The zero-order chi connectivity index (χ0) is 12.3. The first-order valence-corrected chi connectivity index (χ1v) is 7.73. The lowest BCUT2D eigenvalue weighted by atomic mass is 10.1. The fourth-order valence-electron chi connectivity index (χ4n) is 2.18. The average molecular weight is 253 g/mol. The van der Waals surface area contributed by atoms with Crippen molar-refractivity contribution in [2.24, 2.45) is 0 Å². The lowest BCUT2D eigenvalue weighted by Crippen LogP contribution is -2.24. The van der Waals surface area contributed by atoms with E-state index in [1.54, 1.807) is 6.07 Å². The van der Waals surface area contributed by atoms with Crippen LogP contribution in [0.5, 0.6) is 0 Å². The molecule has 0 saturated carbocycles. The highest BCUT2D eigenvalue weighted by Gasteiger charge is 2.17. The Kier molecular flexibility index (Phi) is 3.84. The minimum atomic E-state index is -3.30. The zero-order valence-electron chi connectivity index (χ0n) is 10.2. The molecule has 1 aliphatic rings. The van der Waals surface area contributed by atoms with Crippen LogP contribution in [-0.4, -0.2) is 15.0 Å². The molecule has 0 amide bonds. The third kappa shape index (κ3) is 2.87. The van der Waals surface area contributed by atoms with Crippen molar-refractivity contribution < 1.29 is 8.42 Å². The third-order valence-corrected chi connectivity index (χ3v) is 4.66. The Morgan fingerprint density at radius 1 is 1.24 bits per heavy atom. The molecule has 1 N–H and O–H groups in total. The molecule has 4 heteroatoms. The molecular formula is C13H19NO2S. The highest BCUT2D eigenvalue weighted by Crippen LogP contribution is 2.24. The Labute approximate surface area is 103 Å². The van der Waals surface area contributed by atoms with Gasteiger partial charge in [0.25, 0.3) is 0 Å². The monoisotopic (exact) mass is 253 g/mol. The number of hydrogen-bond donors (Lipinski definition) is 1. The van der Waals surface area contributed by atoms with Gasteiger partial charge in [-0.2, -0.15) is 0 Å². The summed E-state index contributed by atoms with van der Waals surface area (Å²) >= 11 is 0. The second-order valence-corrected chi connectivity index (χ2v) is 6.30. The largest absolute Gasteiger partial charge is 0.240 e. The van der Waals surface area contributed by atoms with E-state index >= 15 is 0 Å². The molecule has 17 heavy (non-hydrogen) atoms. The molecule has 2 rings (SSSR count). The van der Waals surface area contributed by atoms with Gasteiger partial charge in [0.2, 0.25) is 10.0 Å². The smallest absolute Gasteiger partial charge is 0.211 e. The molecule has 3 nitrogen and oxygen atoms in total. The molecule has 0 bridgehead atoms. The summed E-state index contributed by atoms with van der Waals surface area (Å²) in [5, 5.41) is 0. The van der Waals surface area contributed by atoms with Crippen LogP contribution in [0.2, 0.25) is 0 Å². The van der Waals surface area contributed by atoms with Gasteiger partial charge in [0.05, 0.1) is 4.90 Å². The molecule has 0 aromatic heterocycles. The predicted molar refractivity (Wildman–Crippen MR) is 68.6 cm³/mol. The number of unbranched alkanes of at least 4 members (excludes halogenated alkanes) is 1. The molecule has 94 valence electrons. The fraction of sp³-hybridized carbons (Fsp3) is 0.538. The molecule has 1 aromatic carbocycles. The molecule has 0 spiro atoms. The Balaban J connectivity index is 2.16. The van der Waals surface area contributed by atoms with E-state index in [-0.39, 0.29) is 0 Å². The van der Waals surface area contributed by atoms with Gasteiger partial charge in [0, 0.05) is 6.54 Å². The second kappa shape index (κ2) is 5.19. The number of rotatable bonds is 5. The van der Waals surface area contributed by atoms with Crippen molar-refractivity contribution in [1.82, 2.24) is 4.72 Å². The summed E-state index contributed by atoms with van der Waals surface area (Å²) in [6.45, 7) is 2.57. The first-order chi connectivity index (χ1) is 8.13. The van der Waals surface area contributed by atoms with Crippen LogP contribution in [0.1, 0.15) is 37.3 Å². The van der Waals surface area contributed by atoms with Gasteiger partial charge in [0.15, 0.2) is 0 Å². The summed E-state index contributed by atoms with van der Waals surface area (Å²) in [6, 6.07) is 5.51. The molecule has 0 heterocycles. The van der Waals surface area contributed by atoms with Gasteiger partial charge in [-0.15, -0.1) is 0 Å². The highest BCUT2D eigenvalue weighted by molar-refractivity contribution is 7.89. The molecule has 0 radical (unpaired) electrons. The number of nitrogens with one attached hydrogen (secondary N) is 1. The Hall–Kier alpha value is -0.870. The topological polar surface area (TPSA) is 46.2 Å². The van der Waals surface area contributed by atoms with E-state index in [1.165, 1.54) is 11.1 Å². The van der Waals surface area contributed by atoms with E-state index in [9.17, 15) is 8.42 Å². The van der Waals surface area contributed by atoms with Crippen molar-refractivity contribution in [1.29, 1.82) is 0 Å². The number of fused-ring (bicyclic) bond motifs is 1. The summed E-state index contributed by atoms with van der Waals surface area (Å²) in [6.07, 6.45) is 5.10. The van der Waals surface area contributed by atoms with Gasteiger partial charge in [-0.05, 0) is 48.9 Å². The van der Waals surface area contributed by atoms with E-state index in [2.05, 4.69) is 4.72 Å². The van der Waals surface area contributed by atoms with Crippen molar-refractivity contribution >= 4 is 10.0 Å². The molecule has 1 aliphatic carbocycles. The van der Waals surface area contributed by atoms with E-state index < -0.39 is 10.0 Å². The van der Waals surface area contributed by atoms with Crippen LogP contribution in [0.3, 0.4) is 0 Å². The number of sulfonamides is 1. The number of hydrogen-bond acceptors (Lipinski definition) is 2. The first kappa shape index (κ1) is 12.6. The van der Waals surface area contributed by atoms with Crippen molar-refractivity contribution in [3.05, 3.63) is 29.3 Å². The van der Waals surface area contributed by atoms with Crippen LogP contribution in [0.25, 0.3) is 0 Å². The molecule has 0 fully saturated rings. The average Bonchev–Trinajstić information content (AvgIpc) is 2.76. The van der Waals surface area contributed by atoms with Crippen LogP contribution >= 0.6 is 0 Å². The maximum Gasteiger partial charge on any atom is 0.240 e. The Bertz CT molecular complexity index is 494. The maximum atomic E-state index is 12.0. The lowest BCUT2D eigenvalue weighted by molar-refractivity contribution is 0.578. The molecule has 0 aliphatic heterocycles. The molecule has 0 atom stereocenters. The van der Waals surface area contributed by atoms with Crippen molar-refractivity contribution in [3.8, 4) is 0 Å². The van der Waals surface area contributed by atoms with E-state index in [0.29, 0.717) is 11.4 Å². The zero-order valence-corrected chi connectivity index (χ0v) is 11.0. The van der Waals surface area contributed by atoms with Gasteiger partial charge >= 0.3 is 0 Å². The molecule has 0 saturated heterocycles. The van der Waals surface area contributed by atoms with Gasteiger partial charge in [-0.25, -0.2) is 13.1 Å². The van der Waals surface area contributed by atoms with Crippen LogP contribution in [0, 0.1) is 0 Å². The van der Waals surface area contributed by atoms with E-state index in [4.69, 9.17) is 0 Å². The van der Waals surface area contributed by atoms with E-state index in [0.717, 1.165) is 32.1 Å². The lowest BCUT2D eigenvalue weighted by Gasteiger charge is -2.07.